The number of amides is 1. The molecule has 0 heterocycles. The third kappa shape index (κ3) is 4.89. The van der Waals surface area contributed by atoms with E-state index in [1.54, 1.807) is 0 Å². The Kier molecular flexibility index (Phi) is 5.53. The first-order valence-electron chi connectivity index (χ1n) is 6.10. The SMILES string of the molecule is CCCCNC(=O)COc1ccc(C)cc1C. The number of ether oxygens (including phenoxy) is 1. The molecular formula is C14H21NO2. The number of hydrogen-bond donors (Lipinski definition) is 1. The molecule has 0 bridgehead atoms. The van der Waals surface area contributed by atoms with Crippen LogP contribution in [0.15, 0.2) is 18.2 Å². The third-order valence-corrected chi connectivity index (χ3v) is 2.54. The van der Waals surface area contributed by atoms with Crippen molar-refractivity contribution < 1.29 is 9.53 Å². The lowest BCUT2D eigenvalue weighted by molar-refractivity contribution is -0.123. The predicted molar refractivity (Wildman–Crippen MR) is 69.3 cm³/mol. The van der Waals surface area contributed by atoms with Crippen molar-refractivity contribution in [3.8, 4) is 5.75 Å². The lowest BCUT2D eigenvalue weighted by Crippen LogP contribution is -2.29. The first kappa shape index (κ1) is 13.6. The molecule has 1 N–H and O–H groups in total. The van der Waals surface area contributed by atoms with Crippen LogP contribution in [0, 0.1) is 13.8 Å². The summed E-state index contributed by atoms with van der Waals surface area (Å²) in [6.45, 7) is 6.93. The highest BCUT2D eigenvalue weighted by Crippen LogP contribution is 2.18. The van der Waals surface area contributed by atoms with Crippen LogP contribution in [0.4, 0.5) is 0 Å². The van der Waals surface area contributed by atoms with Crippen molar-refractivity contribution in [3.63, 3.8) is 0 Å². The quantitative estimate of drug-likeness (QED) is 0.770. The molecular weight excluding hydrogens is 214 g/mol. The van der Waals surface area contributed by atoms with Crippen molar-refractivity contribution in [2.24, 2.45) is 0 Å². The average Bonchev–Trinajstić information content (AvgIpc) is 2.28. The summed E-state index contributed by atoms with van der Waals surface area (Å²) in [6.07, 6.45) is 2.09. The Bertz CT molecular complexity index is 374. The molecule has 0 saturated heterocycles. The molecule has 0 radical (unpaired) electrons. The van der Waals surface area contributed by atoms with Crippen molar-refractivity contribution in [3.05, 3.63) is 29.3 Å². The molecule has 1 amide bonds. The van der Waals surface area contributed by atoms with Gasteiger partial charge in [-0.1, -0.05) is 31.0 Å². The molecule has 0 atom stereocenters. The van der Waals surface area contributed by atoms with Gasteiger partial charge in [-0.15, -0.1) is 0 Å². The van der Waals surface area contributed by atoms with E-state index in [0.29, 0.717) is 0 Å². The Morgan fingerprint density at radius 2 is 2.12 bits per heavy atom. The summed E-state index contributed by atoms with van der Waals surface area (Å²) in [4.78, 5) is 11.4. The van der Waals surface area contributed by atoms with Crippen molar-refractivity contribution in [2.75, 3.05) is 13.2 Å². The van der Waals surface area contributed by atoms with Crippen molar-refractivity contribution in [1.82, 2.24) is 5.32 Å². The van der Waals surface area contributed by atoms with E-state index in [-0.39, 0.29) is 12.5 Å². The van der Waals surface area contributed by atoms with Crippen molar-refractivity contribution in [2.45, 2.75) is 33.6 Å². The van der Waals surface area contributed by atoms with Gasteiger partial charge in [0.1, 0.15) is 5.75 Å². The molecule has 0 unspecified atom stereocenters. The summed E-state index contributed by atoms with van der Waals surface area (Å²) in [5.41, 5.74) is 2.26. The Hall–Kier alpha value is -1.51. The van der Waals surface area contributed by atoms with Crippen molar-refractivity contribution in [1.29, 1.82) is 0 Å². The fraction of sp³-hybridized carbons (Fsp3) is 0.500. The Balaban J connectivity index is 2.37. The number of nitrogens with one attached hydrogen (secondary N) is 1. The summed E-state index contributed by atoms with van der Waals surface area (Å²) >= 11 is 0. The largest absolute Gasteiger partial charge is 0.484 e. The van der Waals surface area contributed by atoms with Gasteiger partial charge in [-0.3, -0.25) is 4.79 Å². The van der Waals surface area contributed by atoms with E-state index in [0.717, 1.165) is 30.7 Å². The lowest BCUT2D eigenvalue weighted by atomic mass is 10.1. The van der Waals surface area contributed by atoms with Gasteiger partial charge in [-0.05, 0) is 31.9 Å². The maximum Gasteiger partial charge on any atom is 0.257 e. The lowest BCUT2D eigenvalue weighted by Gasteiger charge is -2.09. The van der Waals surface area contributed by atoms with E-state index in [1.807, 2.05) is 32.0 Å². The second kappa shape index (κ2) is 6.94. The molecule has 0 fully saturated rings. The normalized spacial score (nSPS) is 10.1. The smallest absolute Gasteiger partial charge is 0.257 e. The van der Waals surface area contributed by atoms with Crippen molar-refractivity contribution >= 4 is 5.91 Å². The number of rotatable bonds is 6. The minimum absolute atomic E-state index is 0.0570. The second-order valence-corrected chi connectivity index (χ2v) is 4.26. The molecule has 0 aliphatic rings. The monoisotopic (exact) mass is 235 g/mol. The van der Waals surface area contributed by atoms with Gasteiger partial charge in [0, 0.05) is 6.54 Å². The number of benzene rings is 1. The summed E-state index contributed by atoms with van der Waals surface area (Å²) in [5, 5.41) is 2.82. The molecule has 0 spiro atoms. The van der Waals surface area contributed by atoms with Gasteiger partial charge in [0.15, 0.2) is 6.61 Å². The van der Waals surface area contributed by atoms with Crippen LogP contribution in [0.1, 0.15) is 30.9 Å². The minimum Gasteiger partial charge on any atom is -0.484 e. The van der Waals surface area contributed by atoms with Gasteiger partial charge in [-0.2, -0.15) is 0 Å². The molecule has 3 heteroatoms. The van der Waals surface area contributed by atoms with Crippen LogP contribution in [0.25, 0.3) is 0 Å². The minimum atomic E-state index is -0.0570. The zero-order valence-electron chi connectivity index (χ0n) is 10.9. The first-order chi connectivity index (χ1) is 8.13. The standard InChI is InChI=1S/C14H21NO2/c1-4-5-8-15-14(16)10-17-13-7-6-11(2)9-12(13)3/h6-7,9H,4-5,8,10H2,1-3H3,(H,15,16). The molecule has 17 heavy (non-hydrogen) atoms. The van der Waals surface area contributed by atoms with Gasteiger partial charge in [0.05, 0.1) is 0 Å². The number of aryl methyl sites for hydroxylation is 2. The highest BCUT2D eigenvalue weighted by Gasteiger charge is 2.04. The van der Waals surface area contributed by atoms with Crippen LogP contribution in [0.2, 0.25) is 0 Å². The number of hydrogen-bond acceptors (Lipinski definition) is 2. The molecule has 0 aliphatic carbocycles. The molecule has 3 nitrogen and oxygen atoms in total. The molecule has 1 aromatic rings. The highest BCUT2D eigenvalue weighted by atomic mass is 16.5. The van der Waals surface area contributed by atoms with E-state index >= 15 is 0 Å². The number of carbonyl (C=O) groups excluding carboxylic acids is 1. The Morgan fingerprint density at radius 3 is 2.76 bits per heavy atom. The topological polar surface area (TPSA) is 38.3 Å². The fourth-order valence-corrected chi connectivity index (χ4v) is 1.56. The molecule has 1 rings (SSSR count). The maximum absolute atomic E-state index is 11.4. The van der Waals surface area contributed by atoms with Gasteiger partial charge in [-0.25, -0.2) is 0 Å². The third-order valence-electron chi connectivity index (χ3n) is 2.54. The zero-order valence-corrected chi connectivity index (χ0v) is 10.9. The van der Waals surface area contributed by atoms with E-state index in [2.05, 4.69) is 12.2 Å². The summed E-state index contributed by atoms with van der Waals surface area (Å²) in [5.74, 6) is 0.722. The molecule has 0 saturated carbocycles. The van der Waals surface area contributed by atoms with Gasteiger partial charge >= 0.3 is 0 Å². The zero-order chi connectivity index (χ0) is 12.7. The number of carbonyl (C=O) groups is 1. The summed E-state index contributed by atoms with van der Waals surface area (Å²) in [6, 6.07) is 5.94. The first-order valence-corrected chi connectivity index (χ1v) is 6.10. The predicted octanol–water partition coefficient (Wildman–Crippen LogP) is 2.60. The molecule has 0 aliphatic heterocycles. The highest BCUT2D eigenvalue weighted by molar-refractivity contribution is 5.77. The average molecular weight is 235 g/mol. The molecule has 1 aromatic carbocycles. The molecule has 0 aromatic heterocycles. The summed E-state index contributed by atoms with van der Waals surface area (Å²) in [7, 11) is 0. The van der Waals surface area contributed by atoms with E-state index in [1.165, 1.54) is 5.56 Å². The maximum atomic E-state index is 11.4. The number of unbranched alkanes of at least 4 members (excludes halogenated alkanes) is 1. The van der Waals surface area contributed by atoms with Gasteiger partial charge in [0.2, 0.25) is 0 Å². The fourth-order valence-electron chi connectivity index (χ4n) is 1.56. The Labute approximate surface area is 103 Å². The van der Waals surface area contributed by atoms with Crippen LogP contribution in [-0.2, 0) is 4.79 Å². The van der Waals surface area contributed by atoms with Gasteiger partial charge in [0.25, 0.3) is 5.91 Å². The van der Waals surface area contributed by atoms with Gasteiger partial charge < -0.3 is 10.1 Å². The van der Waals surface area contributed by atoms with Crippen LogP contribution in [0.3, 0.4) is 0 Å². The summed E-state index contributed by atoms with van der Waals surface area (Å²) < 4.78 is 5.47. The van der Waals surface area contributed by atoms with E-state index in [4.69, 9.17) is 4.74 Å². The molecule has 94 valence electrons. The van der Waals surface area contributed by atoms with Crippen LogP contribution >= 0.6 is 0 Å². The second-order valence-electron chi connectivity index (χ2n) is 4.26. The Morgan fingerprint density at radius 1 is 1.35 bits per heavy atom. The van der Waals surface area contributed by atoms with E-state index in [9.17, 15) is 4.79 Å². The van der Waals surface area contributed by atoms with Crippen LogP contribution in [-0.4, -0.2) is 19.1 Å². The van der Waals surface area contributed by atoms with E-state index < -0.39 is 0 Å². The van der Waals surface area contributed by atoms with Crippen LogP contribution < -0.4 is 10.1 Å². The van der Waals surface area contributed by atoms with Crippen LogP contribution in [0.5, 0.6) is 5.75 Å².